The molecule has 0 spiro atoms. The lowest BCUT2D eigenvalue weighted by Crippen LogP contribution is -1.99. The van der Waals surface area contributed by atoms with Crippen LogP contribution in [0.15, 0.2) is 30.5 Å². The van der Waals surface area contributed by atoms with Crippen LogP contribution in [0.25, 0.3) is 0 Å². The van der Waals surface area contributed by atoms with Gasteiger partial charge in [0.2, 0.25) is 6.79 Å². The van der Waals surface area contributed by atoms with Gasteiger partial charge < -0.3 is 15.2 Å². The molecular formula is C12H11N3O2. The second-order valence-corrected chi connectivity index (χ2v) is 3.76. The van der Waals surface area contributed by atoms with Crippen LogP contribution in [0.2, 0.25) is 0 Å². The summed E-state index contributed by atoms with van der Waals surface area (Å²) in [6, 6.07) is 7.47. The van der Waals surface area contributed by atoms with E-state index in [1.165, 1.54) is 0 Å². The second kappa shape index (κ2) is 3.93. The van der Waals surface area contributed by atoms with Crippen LogP contribution in [-0.2, 0) is 6.42 Å². The zero-order valence-corrected chi connectivity index (χ0v) is 9.09. The number of aromatic nitrogens is 2. The highest BCUT2D eigenvalue weighted by Gasteiger charge is 2.13. The van der Waals surface area contributed by atoms with E-state index in [4.69, 9.17) is 15.2 Å². The number of rotatable bonds is 2. The van der Waals surface area contributed by atoms with Crippen LogP contribution in [0.4, 0.5) is 5.82 Å². The highest BCUT2D eigenvalue weighted by atomic mass is 16.7. The maximum Gasteiger partial charge on any atom is 0.231 e. The molecule has 0 saturated heterocycles. The fourth-order valence-electron chi connectivity index (χ4n) is 1.73. The molecule has 86 valence electrons. The number of anilines is 1. The number of hydrogen-bond acceptors (Lipinski definition) is 5. The minimum absolute atomic E-state index is 0.285. The molecule has 0 atom stereocenters. The molecule has 17 heavy (non-hydrogen) atoms. The molecule has 3 rings (SSSR count). The van der Waals surface area contributed by atoms with Gasteiger partial charge in [-0.2, -0.15) is 0 Å². The Morgan fingerprint density at radius 3 is 2.94 bits per heavy atom. The molecule has 2 heterocycles. The van der Waals surface area contributed by atoms with E-state index < -0.39 is 0 Å². The number of fused-ring (bicyclic) bond motifs is 1. The van der Waals surface area contributed by atoms with E-state index in [0.717, 1.165) is 17.1 Å². The van der Waals surface area contributed by atoms with Crippen molar-refractivity contribution in [3.63, 3.8) is 0 Å². The number of ether oxygens (including phenoxy) is 2. The first-order valence-electron chi connectivity index (χ1n) is 5.27. The molecule has 2 aromatic rings. The molecule has 0 bridgehead atoms. The normalized spacial score (nSPS) is 12.7. The van der Waals surface area contributed by atoms with Crippen LogP contribution in [-0.4, -0.2) is 16.8 Å². The topological polar surface area (TPSA) is 70.3 Å². The van der Waals surface area contributed by atoms with E-state index in [9.17, 15) is 0 Å². The highest BCUT2D eigenvalue weighted by Crippen LogP contribution is 2.32. The Bertz CT molecular complexity index is 557. The average Bonchev–Trinajstić information content (AvgIpc) is 2.76. The lowest BCUT2D eigenvalue weighted by molar-refractivity contribution is 0.174. The van der Waals surface area contributed by atoms with Gasteiger partial charge in [-0.1, -0.05) is 6.07 Å². The van der Waals surface area contributed by atoms with Crippen molar-refractivity contribution in [2.75, 3.05) is 12.5 Å². The van der Waals surface area contributed by atoms with Crippen molar-refractivity contribution in [3.05, 3.63) is 41.9 Å². The monoisotopic (exact) mass is 229 g/mol. The van der Waals surface area contributed by atoms with Crippen molar-refractivity contribution < 1.29 is 9.47 Å². The van der Waals surface area contributed by atoms with Crippen LogP contribution in [0, 0.1) is 0 Å². The predicted molar refractivity (Wildman–Crippen MR) is 61.8 cm³/mol. The third-order valence-corrected chi connectivity index (χ3v) is 2.53. The number of benzene rings is 1. The van der Waals surface area contributed by atoms with Crippen LogP contribution in [0.5, 0.6) is 11.5 Å². The molecule has 0 aliphatic carbocycles. The molecule has 1 aliphatic rings. The van der Waals surface area contributed by atoms with Crippen molar-refractivity contribution in [1.82, 2.24) is 9.97 Å². The maximum absolute atomic E-state index is 5.61. The van der Waals surface area contributed by atoms with Crippen molar-refractivity contribution in [2.45, 2.75) is 6.42 Å². The van der Waals surface area contributed by atoms with Crippen molar-refractivity contribution in [2.24, 2.45) is 0 Å². The third-order valence-electron chi connectivity index (χ3n) is 2.53. The van der Waals surface area contributed by atoms with E-state index >= 15 is 0 Å². The summed E-state index contributed by atoms with van der Waals surface area (Å²) in [5.41, 5.74) is 6.68. The Hall–Kier alpha value is -2.30. The largest absolute Gasteiger partial charge is 0.454 e. The van der Waals surface area contributed by atoms with Gasteiger partial charge in [-0.3, -0.25) is 0 Å². The Morgan fingerprint density at radius 2 is 2.06 bits per heavy atom. The molecule has 1 aromatic carbocycles. The van der Waals surface area contributed by atoms with Gasteiger partial charge in [0.15, 0.2) is 11.5 Å². The Balaban J connectivity index is 1.86. The SMILES string of the molecule is Nc1ccnc(Cc2ccc3c(c2)OCO3)n1. The summed E-state index contributed by atoms with van der Waals surface area (Å²) in [7, 11) is 0. The summed E-state index contributed by atoms with van der Waals surface area (Å²) >= 11 is 0. The van der Waals surface area contributed by atoms with Crippen LogP contribution < -0.4 is 15.2 Å². The number of hydrogen-bond donors (Lipinski definition) is 1. The van der Waals surface area contributed by atoms with E-state index in [1.807, 2.05) is 18.2 Å². The first kappa shape index (κ1) is 9.89. The van der Waals surface area contributed by atoms with E-state index in [2.05, 4.69) is 9.97 Å². The standard InChI is InChI=1S/C12H11N3O2/c13-11-3-4-14-12(15-11)6-8-1-2-9-10(5-8)17-7-16-9/h1-5H,6-7H2,(H2,13,14,15). The molecule has 0 saturated carbocycles. The van der Waals surface area contributed by atoms with Crippen LogP contribution in [0.1, 0.15) is 11.4 Å². The Morgan fingerprint density at radius 1 is 1.18 bits per heavy atom. The molecule has 2 N–H and O–H groups in total. The van der Waals surface area contributed by atoms with Crippen molar-refractivity contribution >= 4 is 5.82 Å². The summed E-state index contributed by atoms with van der Waals surface area (Å²) in [5, 5.41) is 0. The summed E-state index contributed by atoms with van der Waals surface area (Å²) in [4.78, 5) is 8.32. The third kappa shape index (κ3) is 1.99. The van der Waals surface area contributed by atoms with E-state index in [1.54, 1.807) is 12.3 Å². The van der Waals surface area contributed by atoms with Gasteiger partial charge in [0, 0.05) is 12.6 Å². The molecule has 1 aromatic heterocycles. The molecule has 0 fully saturated rings. The maximum atomic E-state index is 5.61. The zero-order chi connectivity index (χ0) is 11.7. The molecule has 5 nitrogen and oxygen atoms in total. The molecule has 1 aliphatic heterocycles. The lowest BCUT2D eigenvalue weighted by atomic mass is 10.1. The van der Waals surface area contributed by atoms with Gasteiger partial charge in [0.1, 0.15) is 11.6 Å². The average molecular weight is 229 g/mol. The van der Waals surface area contributed by atoms with Gasteiger partial charge >= 0.3 is 0 Å². The summed E-state index contributed by atoms with van der Waals surface area (Å²) in [5.74, 6) is 2.73. The van der Waals surface area contributed by atoms with Crippen molar-refractivity contribution in [1.29, 1.82) is 0 Å². The Kier molecular flexibility index (Phi) is 2.29. The quantitative estimate of drug-likeness (QED) is 0.842. The Labute approximate surface area is 98.2 Å². The zero-order valence-electron chi connectivity index (χ0n) is 9.09. The van der Waals surface area contributed by atoms with Crippen LogP contribution in [0.3, 0.4) is 0 Å². The number of nitrogens with two attached hydrogens (primary N) is 1. The van der Waals surface area contributed by atoms with Gasteiger partial charge in [-0.05, 0) is 23.8 Å². The van der Waals surface area contributed by atoms with Crippen molar-refractivity contribution in [3.8, 4) is 11.5 Å². The fraction of sp³-hybridized carbons (Fsp3) is 0.167. The molecule has 0 radical (unpaired) electrons. The van der Waals surface area contributed by atoms with Gasteiger partial charge in [-0.25, -0.2) is 9.97 Å². The molecule has 0 unspecified atom stereocenters. The van der Waals surface area contributed by atoms with Gasteiger partial charge in [0.05, 0.1) is 0 Å². The van der Waals surface area contributed by atoms with E-state index in [0.29, 0.717) is 18.1 Å². The smallest absolute Gasteiger partial charge is 0.231 e. The molecule has 0 amide bonds. The fourth-order valence-corrected chi connectivity index (χ4v) is 1.73. The van der Waals surface area contributed by atoms with Gasteiger partial charge in [0.25, 0.3) is 0 Å². The molecule has 5 heteroatoms. The summed E-state index contributed by atoms with van der Waals surface area (Å²) in [6.45, 7) is 0.285. The predicted octanol–water partition coefficient (Wildman–Crippen LogP) is 1.38. The van der Waals surface area contributed by atoms with Gasteiger partial charge in [-0.15, -0.1) is 0 Å². The highest BCUT2D eigenvalue weighted by molar-refractivity contribution is 5.45. The first-order valence-corrected chi connectivity index (χ1v) is 5.27. The lowest BCUT2D eigenvalue weighted by Gasteiger charge is -2.02. The molecular weight excluding hydrogens is 218 g/mol. The minimum atomic E-state index is 0.285. The first-order chi connectivity index (χ1) is 8.31. The number of nitrogen functional groups attached to an aromatic ring is 1. The summed E-state index contributed by atoms with van der Waals surface area (Å²) in [6.07, 6.45) is 2.28. The summed E-state index contributed by atoms with van der Waals surface area (Å²) < 4.78 is 10.6. The van der Waals surface area contributed by atoms with Crippen LogP contribution >= 0.6 is 0 Å². The number of nitrogens with zero attached hydrogens (tertiary/aromatic N) is 2. The van der Waals surface area contributed by atoms with E-state index in [-0.39, 0.29) is 6.79 Å². The minimum Gasteiger partial charge on any atom is -0.454 e. The second-order valence-electron chi connectivity index (χ2n) is 3.76.